The van der Waals surface area contributed by atoms with Crippen LogP contribution in [0.25, 0.3) is 11.4 Å². The lowest BCUT2D eigenvalue weighted by Gasteiger charge is -2.07. The summed E-state index contributed by atoms with van der Waals surface area (Å²) in [6, 6.07) is 11.8. The average Bonchev–Trinajstić information content (AvgIpc) is 3.17. The maximum absolute atomic E-state index is 13.7. The zero-order valence-corrected chi connectivity index (χ0v) is 17.9. The standard InChI is InChI=1S/C20H19ClFN5O2S/c1-3-27-19(13-7-9-14(29-2)10-8-13)25-26-20(27)30-12-18(28)24-23-11-15-16(21)5-4-6-17(15)22/h4-11H,3,12H2,1-2H3,(H,24,28)/b23-11+. The predicted octanol–water partition coefficient (Wildman–Crippen LogP) is 4.01. The Labute approximate surface area is 182 Å². The summed E-state index contributed by atoms with van der Waals surface area (Å²) in [6.45, 7) is 2.62. The van der Waals surface area contributed by atoms with Crippen molar-refractivity contribution in [3.63, 3.8) is 0 Å². The molecule has 0 aliphatic heterocycles. The van der Waals surface area contributed by atoms with Crippen LogP contribution in [0.5, 0.6) is 5.75 Å². The first-order valence-corrected chi connectivity index (χ1v) is 10.4. The van der Waals surface area contributed by atoms with E-state index < -0.39 is 5.82 Å². The third-order valence-electron chi connectivity index (χ3n) is 4.10. The van der Waals surface area contributed by atoms with Gasteiger partial charge in [-0.05, 0) is 43.3 Å². The fraction of sp³-hybridized carbons (Fsp3) is 0.200. The first-order chi connectivity index (χ1) is 14.5. The summed E-state index contributed by atoms with van der Waals surface area (Å²) < 4.78 is 20.8. The highest BCUT2D eigenvalue weighted by molar-refractivity contribution is 7.99. The van der Waals surface area contributed by atoms with Gasteiger partial charge >= 0.3 is 0 Å². The van der Waals surface area contributed by atoms with Crippen LogP contribution in [0.3, 0.4) is 0 Å². The van der Waals surface area contributed by atoms with Gasteiger partial charge in [-0.3, -0.25) is 4.79 Å². The van der Waals surface area contributed by atoms with Crippen LogP contribution in [0.1, 0.15) is 12.5 Å². The molecule has 156 valence electrons. The number of halogens is 2. The Morgan fingerprint density at radius 1 is 1.30 bits per heavy atom. The fourth-order valence-corrected chi connectivity index (χ4v) is 3.61. The molecule has 0 bridgehead atoms. The Morgan fingerprint density at radius 3 is 2.73 bits per heavy atom. The molecule has 30 heavy (non-hydrogen) atoms. The van der Waals surface area contributed by atoms with Crippen molar-refractivity contribution < 1.29 is 13.9 Å². The Balaban J connectivity index is 1.62. The van der Waals surface area contributed by atoms with Crippen molar-refractivity contribution in [1.29, 1.82) is 0 Å². The van der Waals surface area contributed by atoms with Crippen molar-refractivity contribution in [2.75, 3.05) is 12.9 Å². The molecular formula is C20H19ClFN5O2S. The monoisotopic (exact) mass is 447 g/mol. The first kappa shape index (κ1) is 21.8. The number of amides is 1. The molecule has 7 nitrogen and oxygen atoms in total. The Hall–Kier alpha value is -2.91. The van der Waals surface area contributed by atoms with Crippen LogP contribution in [0, 0.1) is 5.82 Å². The molecule has 0 saturated heterocycles. The molecule has 0 fully saturated rings. The van der Waals surface area contributed by atoms with Crippen molar-refractivity contribution in [2.24, 2.45) is 5.10 Å². The van der Waals surface area contributed by atoms with Gasteiger partial charge in [-0.1, -0.05) is 29.4 Å². The van der Waals surface area contributed by atoms with E-state index in [1.54, 1.807) is 13.2 Å². The smallest absolute Gasteiger partial charge is 0.250 e. The molecule has 0 saturated carbocycles. The van der Waals surface area contributed by atoms with Crippen LogP contribution in [0.4, 0.5) is 4.39 Å². The van der Waals surface area contributed by atoms with Gasteiger partial charge in [0, 0.05) is 17.7 Å². The molecule has 1 heterocycles. The summed E-state index contributed by atoms with van der Waals surface area (Å²) in [5.41, 5.74) is 3.37. The van der Waals surface area contributed by atoms with E-state index in [-0.39, 0.29) is 22.2 Å². The number of hydrazone groups is 1. The quantitative estimate of drug-likeness (QED) is 0.320. The van der Waals surface area contributed by atoms with Crippen LogP contribution in [0.2, 0.25) is 5.02 Å². The SMILES string of the molecule is CCn1c(SCC(=O)N/N=C/c2c(F)cccc2Cl)nnc1-c1ccc(OC)cc1. The molecule has 3 aromatic rings. The number of methoxy groups -OCH3 is 1. The van der Waals surface area contributed by atoms with Gasteiger partial charge in [-0.25, -0.2) is 9.82 Å². The van der Waals surface area contributed by atoms with Gasteiger partial charge in [0.25, 0.3) is 5.91 Å². The van der Waals surface area contributed by atoms with E-state index in [0.29, 0.717) is 17.5 Å². The van der Waals surface area contributed by atoms with Crippen LogP contribution < -0.4 is 10.2 Å². The summed E-state index contributed by atoms with van der Waals surface area (Å²) in [5.74, 6) is 0.653. The Kier molecular flexibility index (Phi) is 7.42. The lowest BCUT2D eigenvalue weighted by atomic mass is 10.2. The molecule has 0 spiro atoms. The van der Waals surface area contributed by atoms with E-state index in [2.05, 4.69) is 20.7 Å². The lowest BCUT2D eigenvalue weighted by molar-refractivity contribution is -0.118. The summed E-state index contributed by atoms with van der Waals surface area (Å²) in [4.78, 5) is 12.1. The van der Waals surface area contributed by atoms with E-state index in [4.69, 9.17) is 16.3 Å². The van der Waals surface area contributed by atoms with Crippen LogP contribution in [-0.2, 0) is 11.3 Å². The molecule has 2 aromatic carbocycles. The second kappa shape index (κ2) is 10.2. The maximum Gasteiger partial charge on any atom is 0.250 e. The van der Waals surface area contributed by atoms with Gasteiger partial charge in [-0.15, -0.1) is 10.2 Å². The second-order valence-electron chi connectivity index (χ2n) is 6.00. The molecule has 0 aliphatic carbocycles. The number of rotatable bonds is 8. The van der Waals surface area contributed by atoms with E-state index in [0.717, 1.165) is 11.3 Å². The van der Waals surface area contributed by atoms with Crippen molar-refractivity contribution in [3.05, 3.63) is 58.9 Å². The zero-order chi connectivity index (χ0) is 21.5. The molecule has 0 atom stereocenters. The number of benzene rings is 2. The number of carbonyl (C=O) groups excluding carboxylic acids is 1. The minimum Gasteiger partial charge on any atom is -0.497 e. The van der Waals surface area contributed by atoms with Gasteiger partial charge in [0.05, 0.1) is 24.1 Å². The average molecular weight is 448 g/mol. The minimum absolute atomic E-state index is 0.0725. The van der Waals surface area contributed by atoms with Gasteiger partial charge in [0.15, 0.2) is 11.0 Å². The maximum atomic E-state index is 13.7. The molecule has 0 aliphatic rings. The summed E-state index contributed by atoms with van der Waals surface area (Å²) in [7, 11) is 1.61. The number of hydrogen-bond acceptors (Lipinski definition) is 6. The number of nitrogens with zero attached hydrogens (tertiary/aromatic N) is 4. The van der Waals surface area contributed by atoms with Gasteiger partial charge in [0.1, 0.15) is 11.6 Å². The summed E-state index contributed by atoms with van der Waals surface area (Å²) in [5, 5.41) is 13.0. The van der Waals surface area contributed by atoms with E-state index in [1.165, 1.54) is 30.1 Å². The van der Waals surface area contributed by atoms with Gasteiger partial charge in [0.2, 0.25) is 0 Å². The van der Waals surface area contributed by atoms with Crippen molar-refractivity contribution >= 4 is 35.5 Å². The van der Waals surface area contributed by atoms with Gasteiger partial charge in [-0.2, -0.15) is 5.10 Å². The number of hydrogen-bond donors (Lipinski definition) is 1. The number of aromatic nitrogens is 3. The largest absolute Gasteiger partial charge is 0.497 e. The van der Waals surface area contributed by atoms with Crippen molar-refractivity contribution in [3.8, 4) is 17.1 Å². The second-order valence-corrected chi connectivity index (χ2v) is 7.35. The van der Waals surface area contributed by atoms with E-state index in [1.807, 2.05) is 35.8 Å². The Bertz CT molecular complexity index is 1040. The summed E-state index contributed by atoms with van der Waals surface area (Å²) >= 11 is 7.15. The fourth-order valence-electron chi connectivity index (χ4n) is 2.60. The molecule has 3 rings (SSSR count). The Morgan fingerprint density at radius 2 is 2.07 bits per heavy atom. The first-order valence-electron chi connectivity index (χ1n) is 8.99. The van der Waals surface area contributed by atoms with E-state index >= 15 is 0 Å². The van der Waals surface area contributed by atoms with Crippen LogP contribution >= 0.6 is 23.4 Å². The lowest BCUT2D eigenvalue weighted by Crippen LogP contribution is -2.20. The van der Waals surface area contributed by atoms with E-state index in [9.17, 15) is 9.18 Å². The van der Waals surface area contributed by atoms with Crippen LogP contribution in [0.15, 0.2) is 52.7 Å². The van der Waals surface area contributed by atoms with Gasteiger partial charge < -0.3 is 9.30 Å². The molecule has 10 heteroatoms. The topological polar surface area (TPSA) is 81.4 Å². The van der Waals surface area contributed by atoms with Crippen molar-refractivity contribution in [1.82, 2.24) is 20.2 Å². The number of nitrogens with one attached hydrogen (secondary N) is 1. The highest BCUT2D eigenvalue weighted by Gasteiger charge is 2.14. The number of thioether (sulfide) groups is 1. The van der Waals surface area contributed by atoms with Crippen molar-refractivity contribution in [2.45, 2.75) is 18.6 Å². The predicted molar refractivity (Wildman–Crippen MR) is 116 cm³/mol. The molecule has 0 radical (unpaired) electrons. The number of ether oxygens (including phenoxy) is 1. The number of carbonyl (C=O) groups is 1. The summed E-state index contributed by atoms with van der Waals surface area (Å²) in [6.07, 6.45) is 1.18. The highest BCUT2D eigenvalue weighted by Crippen LogP contribution is 2.25. The molecule has 1 aromatic heterocycles. The molecule has 1 amide bonds. The molecular weight excluding hydrogens is 429 g/mol. The molecule has 1 N–H and O–H groups in total. The molecule has 0 unspecified atom stereocenters. The minimum atomic E-state index is -0.517. The highest BCUT2D eigenvalue weighted by atomic mass is 35.5. The third kappa shape index (κ3) is 5.17. The zero-order valence-electron chi connectivity index (χ0n) is 16.3. The van der Waals surface area contributed by atoms with Crippen LogP contribution in [-0.4, -0.2) is 39.7 Å². The normalized spacial score (nSPS) is 11.1. The third-order valence-corrected chi connectivity index (χ3v) is 5.39.